The molecule has 94 valence electrons. The zero-order valence-corrected chi connectivity index (χ0v) is 9.98. The lowest BCUT2D eigenvalue weighted by molar-refractivity contribution is 0.0919. The molecule has 4 nitrogen and oxygen atoms in total. The molecule has 0 aliphatic heterocycles. The van der Waals surface area contributed by atoms with E-state index in [0.717, 1.165) is 6.07 Å². The van der Waals surface area contributed by atoms with Gasteiger partial charge >= 0.3 is 0 Å². The summed E-state index contributed by atoms with van der Waals surface area (Å²) in [5, 5.41) is 12.2. The first-order chi connectivity index (χ1) is 8.00. The lowest BCUT2D eigenvalue weighted by Crippen LogP contribution is -2.28. The number of rotatable bonds is 5. The summed E-state index contributed by atoms with van der Waals surface area (Å²) in [5.41, 5.74) is 0.233. The van der Waals surface area contributed by atoms with E-state index in [0.29, 0.717) is 13.0 Å². The van der Waals surface area contributed by atoms with Gasteiger partial charge in [0.1, 0.15) is 0 Å². The van der Waals surface area contributed by atoms with Crippen LogP contribution in [0.4, 0.5) is 4.39 Å². The number of aromatic nitrogens is 1. The zero-order valence-electron chi connectivity index (χ0n) is 9.98. The number of aliphatic hydroxyl groups excluding tert-OH is 1. The summed E-state index contributed by atoms with van der Waals surface area (Å²) in [6.07, 6.45) is 1.29. The van der Waals surface area contributed by atoms with E-state index in [4.69, 9.17) is 0 Å². The standard InChI is InChI=1S/C12H17FN2O2/c1-8(2)10(16)4-6-15-12(17)9-3-5-14-11(13)7-9/h3,5,7-8,10,16H,4,6H2,1-2H3,(H,15,17). The Bertz CT molecular complexity index is 383. The number of amides is 1. The third-order valence-electron chi connectivity index (χ3n) is 2.48. The Kier molecular flexibility index (Phi) is 5.03. The Morgan fingerprint density at radius 3 is 2.88 bits per heavy atom. The van der Waals surface area contributed by atoms with E-state index < -0.39 is 12.1 Å². The Morgan fingerprint density at radius 1 is 1.59 bits per heavy atom. The van der Waals surface area contributed by atoms with Crippen LogP contribution in [0.1, 0.15) is 30.6 Å². The smallest absolute Gasteiger partial charge is 0.251 e. The van der Waals surface area contributed by atoms with E-state index in [1.54, 1.807) is 0 Å². The van der Waals surface area contributed by atoms with Crippen LogP contribution in [0.25, 0.3) is 0 Å². The highest BCUT2D eigenvalue weighted by molar-refractivity contribution is 5.93. The van der Waals surface area contributed by atoms with Gasteiger partial charge in [0.25, 0.3) is 5.91 Å². The minimum Gasteiger partial charge on any atom is -0.393 e. The highest BCUT2D eigenvalue weighted by Gasteiger charge is 2.10. The van der Waals surface area contributed by atoms with Crippen LogP contribution < -0.4 is 5.32 Å². The summed E-state index contributed by atoms with van der Waals surface area (Å²) in [7, 11) is 0. The molecule has 2 N–H and O–H groups in total. The lowest BCUT2D eigenvalue weighted by atomic mass is 10.0. The molecule has 1 unspecified atom stereocenters. The van der Waals surface area contributed by atoms with Crippen LogP contribution in [0.15, 0.2) is 18.3 Å². The molecule has 1 atom stereocenters. The predicted molar refractivity (Wildman–Crippen MR) is 62.0 cm³/mol. The maximum Gasteiger partial charge on any atom is 0.251 e. The van der Waals surface area contributed by atoms with E-state index in [9.17, 15) is 14.3 Å². The van der Waals surface area contributed by atoms with Crippen molar-refractivity contribution in [3.05, 3.63) is 29.8 Å². The Balaban J connectivity index is 2.40. The van der Waals surface area contributed by atoms with Gasteiger partial charge in [0.15, 0.2) is 0 Å². The fourth-order valence-electron chi connectivity index (χ4n) is 1.31. The van der Waals surface area contributed by atoms with Crippen LogP contribution in [0.5, 0.6) is 0 Å². The molecule has 0 saturated carbocycles. The van der Waals surface area contributed by atoms with Crippen molar-refractivity contribution in [3.63, 3.8) is 0 Å². The van der Waals surface area contributed by atoms with Crippen molar-refractivity contribution >= 4 is 5.91 Å². The normalized spacial score (nSPS) is 12.5. The Morgan fingerprint density at radius 2 is 2.29 bits per heavy atom. The van der Waals surface area contributed by atoms with Gasteiger partial charge in [-0.1, -0.05) is 13.8 Å². The highest BCUT2D eigenvalue weighted by Crippen LogP contribution is 2.05. The first kappa shape index (κ1) is 13.6. The molecule has 0 aromatic carbocycles. The molecule has 0 spiro atoms. The molecule has 0 aliphatic carbocycles. The molecule has 1 amide bonds. The number of nitrogens with zero attached hydrogens (tertiary/aromatic N) is 1. The number of carbonyl (C=O) groups is 1. The van der Waals surface area contributed by atoms with Crippen LogP contribution in [0.3, 0.4) is 0 Å². The maximum absolute atomic E-state index is 12.8. The SMILES string of the molecule is CC(C)C(O)CCNC(=O)c1ccnc(F)c1. The molecular formula is C12H17FN2O2. The molecule has 17 heavy (non-hydrogen) atoms. The monoisotopic (exact) mass is 240 g/mol. The summed E-state index contributed by atoms with van der Waals surface area (Å²) in [5.74, 6) is -0.882. The van der Waals surface area contributed by atoms with E-state index in [1.807, 2.05) is 13.8 Å². The summed E-state index contributed by atoms with van der Waals surface area (Å²) < 4.78 is 12.8. The highest BCUT2D eigenvalue weighted by atomic mass is 19.1. The topological polar surface area (TPSA) is 62.2 Å². The summed E-state index contributed by atoms with van der Waals surface area (Å²) in [4.78, 5) is 14.9. The number of hydrogen-bond acceptors (Lipinski definition) is 3. The second-order valence-electron chi connectivity index (χ2n) is 4.22. The van der Waals surface area contributed by atoms with E-state index in [2.05, 4.69) is 10.3 Å². The molecule has 1 rings (SSSR count). The van der Waals surface area contributed by atoms with Crippen LogP contribution >= 0.6 is 0 Å². The van der Waals surface area contributed by atoms with Gasteiger partial charge in [-0.05, 0) is 18.4 Å². The number of aliphatic hydroxyl groups is 1. The van der Waals surface area contributed by atoms with Crippen molar-refractivity contribution in [2.24, 2.45) is 5.92 Å². The third kappa shape index (κ3) is 4.48. The molecule has 1 aromatic heterocycles. The molecule has 0 bridgehead atoms. The molecule has 0 fully saturated rings. The first-order valence-electron chi connectivity index (χ1n) is 5.58. The second-order valence-corrected chi connectivity index (χ2v) is 4.22. The fourth-order valence-corrected chi connectivity index (χ4v) is 1.31. The fraction of sp³-hybridized carbons (Fsp3) is 0.500. The van der Waals surface area contributed by atoms with Crippen molar-refractivity contribution in [2.75, 3.05) is 6.54 Å². The Labute approximate surface area is 99.9 Å². The minimum absolute atomic E-state index is 0.158. The van der Waals surface area contributed by atoms with Crippen LogP contribution in [0, 0.1) is 11.9 Å². The molecule has 0 saturated heterocycles. The van der Waals surface area contributed by atoms with Gasteiger partial charge in [0.2, 0.25) is 5.95 Å². The van der Waals surface area contributed by atoms with E-state index in [1.165, 1.54) is 12.3 Å². The first-order valence-corrected chi connectivity index (χ1v) is 5.58. The molecule has 1 heterocycles. The summed E-state index contributed by atoms with van der Waals surface area (Å²) in [6, 6.07) is 2.52. The molecular weight excluding hydrogens is 223 g/mol. The van der Waals surface area contributed by atoms with Gasteiger partial charge in [-0.2, -0.15) is 4.39 Å². The minimum atomic E-state index is -0.681. The number of carbonyl (C=O) groups excluding carboxylic acids is 1. The predicted octanol–water partition coefficient (Wildman–Crippen LogP) is 1.36. The van der Waals surface area contributed by atoms with E-state index >= 15 is 0 Å². The van der Waals surface area contributed by atoms with Crippen molar-refractivity contribution < 1.29 is 14.3 Å². The third-order valence-corrected chi connectivity index (χ3v) is 2.48. The van der Waals surface area contributed by atoms with Gasteiger partial charge in [0.05, 0.1) is 6.10 Å². The largest absolute Gasteiger partial charge is 0.393 e. The van der Waals surface area contributed by atoms with Gasteiger partial charge in [0, 0.05) is 24.4 Å². The number of nitrogens with one attached hydrogen (secondary N) is 1. The quantitative estimate of drug-likeness (QED) is 0.764. The average molecular weight is 240 g/mol. The summed E-state index contributed by atoms with van der Waals surface area (Å²) >= 11 is 0. The number of hydrogen-bond donors (Lipinski definition) is 2. The molecule has 0 radical (unpaired) electrons. The maximum atomic E-state index is 12.8. The van der Waals surface area contributed by atoms with Gasteiger partial charge in [-0.15, -0.1) is 0 Å². The van der Waals surface area contributed by atoms with Crippen molar-refractivity contribution in [3.8, 4) is 0 Å². The Hall–Kier alpha value is -1.49. The van der Waals surface area contributed by atoms with Crippen LogP contribution in [0.2, 0.25) is 0 Å². The van der Waals surface area contributed by atoms with Crippen LogP contribution in [-0.4, -0.2) is 28.6 Å². The van der Waals surface area contributed by atoms with Crippen molar-refractivity contribution in [1.82, 2.24) is 10.3 Å². The summed E-state index contributed by atoms with van der Waals surface area (Å²) in [6.45, 7) is 4.18. The molecule has 1 aromatic rings. The number of halogens is 1. The second kappa shape index (κ2) is 6.30. The van der Waals surface area contributed by atoms with Gasteiger partial charge in [-0.3, -0.25) is 4.79 Å². The van der Waals surface area contributed by atoms with E-state index in [-0.39, 0.29) is 17.4 Å². The molecule has 0 aliphatic rings. The molecule has 5 heteroatoms. The zero-order chi connectivity index (χ0) is 12.8. The average Bonchev–Trinajstić information content (AvgIpc) is 2.28. The number of pyridine rings is 1. The van der Waals surface area contributed by atoms with Gasteiger partial charge in [-0.25, -0.2) is 4.98 Å². The van der Waals surface area contributed by atoms with Crippen molar-refractivity contribution in [2.45, 2.75) is 26.4 Å². The van der Waals surface area contributed by atoms with Crippen LogP contribution in [-0.2, 0) is 0 Å². The lowest BCUT2D eigenvalue weighted by Gasteiger charge is -2.14. The van der Waals surface area contributed by atoms with Crippen molar-refractivity contribution in [1.29, 1.82) is 0 Å². The van der Waals surface area contributed by atoms with Gasteiger partial charge < -0.3 is 10.4 Å².